The smallest absolute Gasteiger partial charge is 0.214 e. The zero-order chi connectivity index (χ0) is 16.9. The van der Waals surface area contributed by atoms with E-state index in [1.165, 1.54) is 18.4 Å². The summed E-state index contributed by atoms with van der Waals surface area (Å²) in [5, 5.41) is 10.3. The van der Waals surface area contributed by atoms with Gasteiger partial charge in [-0.2, -0.15) is 0 Å². The van der Waals surface area contributed by atoms with Gasteiger partial charge in [0.25, 0.3) is 0 Å². The summed E-state index contributed by atoms with van der Waals surface area (Å²) < 4.78 is 4.20. The fourth-order valence-corrected chi connectivity index (χ4v) is 3.12. The SMILES string of the molecule is CCCCc1ccc(-n2c(O)cn(Cc3ccccc3)c2=S)cc1. The Morgan fingerprint density at radius 3 is 2.33 bits per heavy atom. The minimum atomic E-state index is 0.164. The largest absolute Gasteiger partial charge is 0.493 e. The van der Waals surface area contributed by atoms with Crippen molar-refractivity contribution in [1.29, 1.82) is 0 Å². The van der Waals surface area contributed by atoms with Crippen LogP contribution in [0.1, 0.15) is 30.9 Å². The van der Waals surface area contributed by atoms with Crippen LogP contribution in [0.15, 0.2) is 60.8 Å². The van der Waals surface area contributed by atoms with E-state index in [4.69, 9.17) is 12.2 Å². The Kier molecular flexibility index (Phi) is 5.16. The third kappa shape index (κ3) is 3.60. The molecule has 0 atom stereocenters. The van der Waals surface area contributed by atoms with Crippen LogP contribution in [-0.4, -0.2) is 14.2 Å². The minimum Gasteiger partial charge on any atom is -0.493 e. The highest BCUT2D eigenvalue weighted by Crippen LogP contribution is 2.21. The summed E-state index contributed by atoms with van der Waals surface area (Å²) in [6, 6.07) is 18.4. The molecule has 0 saturated heterocycles. The fraction of sp³-hybridized carbons (Fsp3) is 0.250. The molecule has 4 heteroatoms. The van der Waals surface area contributed by atoms with Gasteiger partial charge in [0.1, 0.15) is 0 Å². The van der Waals surface area contributed by atoms with Gasteiger partial charge in [-0.15, -0.1) is 0 Å². The molecule has 24 heavy (non-hydrogen) atoms. The summed E-state index contributed by atoms with van der Waals surface area (Å²) in [7, 11) is 0. The van der Waals surface area contributed by atoms with Gasteiger partial charge in [0.05, 0.1) is 11.9 Å². The van der Waals surface area contributed by atoms with Crippen molar-refractivity contribution in [3.8, 4) is 11.6 Å². The zero-order valence-corrected chi connectivity index (χ0v) is 14.7. The number of aromatic nitrogens is 2. The summed E-state index contributed by atoms with van der Waals surface area (Å²) >= 11 is 5.56. The van der Waals surface area contributed by atoms with Crippen LogP contribution >= 0.6 is 12.2 Å². The van der Waals surface area contributed by atoms with Gasteiger partial charge in [0.2, 0.25) is 5.88 Å². The Balaban J connectivity index is 1.87. The molecular formula is C20H22N2OS. The maximum atomic E-state index is 10.3. The average Bonchev–Trinajstić information content (AvgIpc) is 2.88. The predicted octanol–water partition coefficient (Wildman–Crippen LogP) is 5.10. The molecule has 3 rings (SSSR count). The lowest BCUT2D eigenvalue weighted by molar-refractivity contribution is 0.441. The third-order valence-electron chi connectivity index (χ3n) is 4.15. The molecule has 3 nitrogen and oxygen atoms in total. The molecule has 0 amide bonds. The first-order chi connectivity index (χ1) is 11.7. The second kappa shape index (κ2) is 7.49. The van der Waals surface area contributed by atoms with E-state index < -0.39 is 0 Å². The lowest BCUT2D eigenvalue weighted by Crippen LogP contribution is -2.01. The number of aromatic hydroxyl groups is 1. The standard InChI is InChI=1S/C20H22N2OS/c1-2-3-7-16-10-12-18(13-11-16)22-19(23)15-21(20(22)24)14-17-8-5-4-6-9-17/h4-6,8-13,15,23H,2-3,7,14H2,1H3. The topological polar surface area (TPSA) is 30.1 Å². The molecule has 0 fully saturated rings. The molecule has 1 N–H and O–H groups in total. The molecule has 0 aliphatic heterocycles. The van der Waals surface area contributed by atoms with Gasteiger partial charge >= 0.3 is 0 Å². The average molecular weight is 338 g/mol. The first-order valence-electron chi connectivity index (χ1n) is 8.33. The Labute approximate surface area is 147 Å². The number of imidazole rings is 1. The Hall–Kier alpha value is -2.33. The van der Waals surface area contributed by atoms with Crippen LogP contribution in [0, 0.1) is 4.77 Å². The van der Waals surface area contributed by atoms with Gasteiger partial charge < -0.3 is 9.67 Å². The zero-order valence-electron chi connectivity index (χ0n) is 13.9. The Morgan fingerprint density at radius 1 is 0.958 bits per heavy atom. The molecule has 1 aromatic heterocycles. The molecule has 2 aromatic carbocycles. The van der Waals surface area contributed by atoms with Crippen molar-refractivity contribution in [3.63, 3.8) is 0 Å². The van der Waals surface area contributed by atoms with E-state index in [0.717, 1.165) is 17.7 Å². The summed E-state index contributed by atoms with van der Waals surface area (Å²) in [4.78, 5) is 0. The molecule has 0 spiro atoms. The van der Waals surface area contributed by atoms with E-state index in [1.807, 2.05) is 34.9 Å². The number of hydrogen-bond donors (Lipinski definition) is 1. The normalized spacial score (nSPS) is 10.9. The van der Waals surface area contributed by atoms with Crippen molar-refractivity contribution < 1.29 is 5.11 Å². The van der Waals surface area contributed by atoms with Gasteiger partial charge in [-0.3, -0.25) is 4.57 Å². The molecular weight excluding hydrogens is 316 g/mol. The lowest BCUT2D eigenvalue weighted by atomic mass is 10.1. The summed E-state index contributed by atoms with van der Waals surface area (Å²) in [5.74, 6) is 0.164. The van der Waals surface area contributed by atoms with Crippen molar-refractivity contribution in [3.05, 3.63) is 76.7 Å². The molecule has 0 aliphatic rings. The summed E-state index contributed by atoms with van der Waals surface area (Å²) in [5.41, 5.74) is 3.36. The summed E-state index contributed by atoms with van der Waals surface area (Å²) in [6.45, 7) is 2.84. The van der Waals surface area contributed by atoms with Gasteiger partial charge in [0, 0.05) is 6.54 Å². The minimum absolute atomic E-state index is 0.164. The van der Waals surface area contributed by atoms with Crippen LogP contribution in [0.5, 0.6) is 5.88 Å². The van der Waals surface area contributed by atoms with Gasteiger partial charge in [-0.05, 0) is 48.3 Å². The molecule has 0 saturated carbocycles. The van der Waals surface area contributed by atoms with Crippen LogP contribution in [-0.2, 0) is 13.0 Å². The van der Waals surface area contributed by atoms with E-state index in [0.29, 0.717) is 11.3 Å². The van der Waals surface area contributed by atoms with E-state index in [-0.39, 0.29) is 5.88 Å². The lowest BCUT2D eigenvalue weighted by Gasteiger charge is -2.07. The molecule has 124 valence electrons. The number of rotatable bonds is 6. The van der Waals surface area contributed by atoms with E-state index in [2.05, 4.69) is 31.2 Å². The predicted molar refractivity (Wildman–Crippen MR) is 100 cm³/mol. The van der Waals surface area contributed by atoms with Crippen LogP contribution in [0.3, 0.4) is 0 Å². The van der Waals surface area contributed by atoms with Crippen molar-refractivity contribution in [1.82, 2.24) is 9.13 Å². The van der Waals surface area contributed by atoms with Gasteiger partial charge in [-0.25, -0.2) is 0 Å². The number of nitrogens with zero attached hydrogens (tertiary/aromatic N) is 2. The third-order valence-corrected chi connectivity index (χ3v) is 4.56. The molecule has 0 radical (unpaired) electrons. The maximum Gasteiger partial charge on any atom is 0.214 e. The van der Waals surface area contributed by atoms with Crippen molar-refractivity contribution in [2.75, 3.05) is 0 Å². The summed E-state index contributed by atoms with van der Waals surface area (Å²) in [6.07, 6.45) is 5.16. The fourth-order valence-electron chi connectivity index (χ4n) is 2.81. The highest BCUT2D eigenvalue weighted by molar-refractivity contribution is 7.71. The first-order valence-corrected chi connectivity index (χ1v) is 8.74. The van der Waals surface area contributed by atoms with Gasteiger partial charge in [0.15, 0.2) is 4.77 Å². The molecule has 0 unspecified atom stereocenters. The van der Waals surface area contributed by atoms with Crippen LogP contribution < -0.4 is 0 Å². The molecule has 1 heterocycles. The monoisotopic (exact) mass is 338 g/mol. The van der Waals surface area contributed by atoms with Crippen molar-refractivity contribution >= 4 is 12.2 Å². The quantitative estimate of drug-likeness (QED) is 0.633. The Bertz CT molecular complexity index is 848. The Morgan fingerprint density at radius 2 is 1.67 bits per heavy atom. The van der Waals surface area contributed by atoms with Crippen molar-refractivity contribution in [2.24, 2.45) is 0 Å². The maximum absolute atomic E-state index is 10.3. The van der Waals surface area contributed by atoms with Crippen LogP contribution in [0.2, 0.25) is 0 Å². The molecule has 0 aliphatic carbocycles. The van der Waals surface area contributed by atoms with E-state index in [1.54, 1.807) is 10.8 Å². The van der Waals surface area contributed by atoms with Crippen LogP contribution in [0.25, 0.3) is 5.69 Å². The number of aryl methyl sites for hydroxylation is 1. The number of benzene rings is 2. The second-order valence-corrected chi connectivity index (χ2v) is 6.35. The highest BCUT2D eigenvalue weighted by atomic mass is 32.1. The second-order valence-electron chi connectivity index (χ2n) is 5.99. The van der Waals surface area contributed by atoms with E-state index >= 15 is 0 Å². The highest BCUT2D eigenvalue weighted by Gasteiger charge is 2.10. The van der Waals surface area contributed by atoms with Crippen LogP contribution in [0.4, 0.5) is 0 Å². The van der Waals surface area contributed by atoms with E-state index in [9.17, 15) is 5.11 Å². The van der Waals surface area contributed by atoms with Crippen molar-refractivity contribution in [2.45, 2.75) is 32.7 Å². The molecule has 0 bridgehead atoms. The number of hydrogen-bond acceptors (Lipinski definition) is 2. The number of unbranched alkanes of at least 4 members (excludes halogenated alkanes) is 1. The first kappa shape index (κ1) is 16.5. The molecule has 3 aromatic rings. The van der Waals surface area contributed by atoms with Gasteiger partial charge in [-0.1, -0.05) is 55.8 Å².